The van der Waals surface area contributed by atoms with Gasteiger partial charge in [0.15, 0.2) is 0 Å². The second-order valence-electron chi connectivity index (χ2n) is 4.42. The molecule has 0 aliphatic heterocycles. The van der Waals surface area contributed by atoms with E-state index in [4.69, 9.17) is 15.0 Å². The third-order valence-electron chi connectivity index (χ3n) is 2.40. The molecule has 0 atom stereocenters. The molecule has 0 heterocycles. The summed E-state index contributed by atoms with van der Waals surface area (Å²) in [6.45, 7) is 3.59. The van der Waals surface area contributed by atoms with Gasteiger partial charge in [0.1, 0.15) is 0 Å². The summed E-state index contributed by atoms with van der Waals surface area (Å²) < 4.78 is 0. The van der Waals surface area contributed by atoms with E-state index in [-0.39, 0.29) is 0 Å². The van der Waals surface area contributed by atoms with Gasteiger partial charge >= 0.3 is 0 Å². The van der Waals surface area contributed by atoms with E-state index in [0.29, 0.717) is 6.61 Å². The normalized spacial score (nSPS) is 10.7. The Balaban J connectivity index is 0. The van der Waals surface area contributed by atoms with Gasteiger partial charge in [-0.05, 0) is 25.7 Å². The first-order valence-electron chi connectivity index (χ1n) is 7.27. The third-order valence-corrected chi connectivity index (χ3v) is 2.40. The Kier molecular flexibility index (Phi) is 20.5. The number of rotatable bonds is 10. The molecule has 19 heavy (non-hydrogen) atoms. The van der Waals surface area contributed by atoms with Crippen LogP contribution in [0.5, 0.6) is 0 Å². The molecule has 0 rings (SSSR count). The minimum absolute atomic E-state index is 0.354. The number of aliphatic hydroxyl groups excluding tert-OH is 1. The van der Waals surface area contributed by atoms with Crippen LogP contribution in [0.1, 0.15) is 65.2 Å². The van der Waals surface area contributed by atoms with Gasteiger partial charge in [0, 0.05) is 13.5 Å². The van der Waals surface area contributed by atoms with E-state index in [1.165, 1.54) is 38.5 Å². The Bertz CT molecular complexity index is 228. The highest BCUT2D eigenvalue weighted by molar-refractivity contribution is 5.62. The second-order valence-corrected chi connectivity index (χ2v) is 4.42. The fourth-order valence-corrected chi connectivity index (χ4v) is 1.47. The molecular formula is C16H30O3. The first-order valence-corrected chi connectivity index (χ1v) is 7.27. The number of carboxylic acid groups (broad SMARTS) is 1. The molecule has 0 aromatic rings. The summed E-state index contributed by atoms with van der Waals surface area (Å²) >= 11 is 0. The van der Waals surface area contributed by atoms with Crippen molar-refractivity contribution in [3.05, 3.63) is 24.3 Å². The van der Waals surface area contributed by atoms with E-state index in [2.05, 4.69) is 31.2 Å². The molecule has 0 aliphatic carbocycles. The predicted octanol–water partition coefficient (Wildman–Crippen LogP) is 4.32. The predicted molar refractivity (Wildman–Crippen MR) is 81.3 cm³/mol. The van der Waals surface area contributed by atoms with E-state index >= 15 is 0 Å². The largest absolute Gasteiger partial charge is 0.481 e. The summed E-state index contributed by atoms with van der Waals surface area (Å²) in [6, 6.07) is 0. The van der Waals surface area contributed by atoms with Crippen LogP contribution in [0.15, 0.2) is 24.3 Å². The SMILES string of the molecule is CC(=O)O.CCC=CC=CCCCCCCCCO. The molecule has 0 saturated heterocycles. The second kappa shape index (κ2) is 19.3. The lowest BCUT2D eigenvalue weighted by molar-refractivity contribution is -0.134. The molecule has 0 aromatic heterocycles. The van der Waals surface area contributed by atoms with E-state index < -0.39 is 5.97 Å². The van der Waals surface area contributed by atoms with Gasteiger partial charge in [-0.2, -0.15) is 0 Å². The van der Waals surface area contributed by atoms with Gasteiger partial charge in [-0.3, -0.25) is 4.79 Å². The Morgan fingerprint density at radius 1 is 0.947 bits per heavy atom. The van der Waals surface area contributed by atoms with Crippen molar-refractivity contribution in [3.63, 3.8) is 0 Å². The molecule has 2 N–H and O–H groups in total. The number of hydrogen-bond donors (Lipinski definition) is 2. The zero-order valence-corrected chi connectivity index (χ0v) is 12.5. The van der Waals surface area contributed by atoms with E-state index in [0.717, 1.165) is 19.8 Å². The van der Waals surface area contributed by atoms with Gasteiger partial charge in [-0.25, -0.2) is 0 Å². The smallest absolute Gasteiger partial charge is 0.300 e. The molecule has 0 amide bonds. The van der Waals surface area contributed by atoms with Crippen molar-refractivity contribution < 1.29 is 15.0 Å². The molecule has 3 heteroatoms. The number of hydrogen-bond acceptors (Lipinski definition) is 2. The third kappa shape index (κ3) is 31.6. The lowest BCUT2D eigenvalue weighted by Crippen LogP contribution is -1.83. The van der Waals surface area contributed by atoms with Crippen LogP contribution in [0, 0.1) is 0 Å². The number of aliphatic carboxylic acids is 1. The van der Waals surface area contributed by atoms with Crippen molar-refractivity contribution >= 4 is 5.97 Å². The average Bonchev–Trinajstić information content (AvgIpc) is 2.35. The molecule has 112 valence electrons. The first kappa shape index (κ1) is 20.2. The molecule has 0 aliphatic rings. The quantitative estimate of drug-likeness (QED) is 0.459. The van der Waals surface area contributed by atoms with Crippen molar-refractivity contribution in [3.8, 4) is 0 Å². The summed E-state index contributed by atoms with van der Waals surface area (Å²) in [4.78, 5) is 9.00. The van der Waals surface area contributed by atoms with E-state index in [1.807, 2.05) is 0 Å². The average molecular weight is 270 g/mol. The maximum atomic E-state index is 9.00. The monoisotopic (exact) mass is 270 g/mol. The molecule has 0 spiro atoms. The Labute approximate surface area is 118 Å². The number of allylic oxidation sites excluding steroid dienone is 4. The molecule has 0 aromatic carbocycles. The van der Waals surface area contributed by atoms with Crippen LogP contribution in [-0.4, -0.2) is 22.8 Å². The lowest BCUT2D eigenvalue weighted by Gasteiger charge is -1.98. The Morgan fingerprint density at radius 2 is 1.42 bits per heavy atom. The molecule has 3 nitrogen and oxygen atoms in total. The van der Waals surface area contributed by atoms with Crippen LogP contribution in [0.3, 0.4) is 0 Å². The summed E-state index contributed by atoms with van der Waals surface area (Å²) in [5, 5.41) is 16.0. The van der Waals surface area contributed by atoms with Crippen LogP contribution in [0.25, 0.3) is 0 Å². The molecule has 0 radical (unpaired) electrons. The Hall–Kier alpha value is -1.09. The van der Waals surface area contributed by atoms with Crippen LogP contribution in [-0.2, 0) is 4.79 Å². The van der Waals surface area contributed by atoms with E-state index in [9.17, 15) is 0 Å². The number of aliphatic hydroxyl groups is 1. The number of unbranched alkanes of at least 4 members (excludes halogenated alkanes) is 6. The lowest BCUT2D eigenvalue weighted by atomic mass is 10.1. The van der Waals surface area contributed by atoms with Crippen LogP contribution in [0.4, 0.5) is 0 Å². The summed E-state index contributed by atoms with van der Waals surface area (Å²) in [5.74, 6) is -0.833. The van der Waals surface area contributed by atoms with Crippen molar-refractivity contribution in [2.24, 2.45) is 0 Å². The van der Waals surface area contributed by atoms with Crippen molar-refractivity contribution in [2.45, 2.75) is 65.2 Å². The van der Waals surface area contributed by atoms with Gasteiger partial charge in [-0.1, -0.05) is 56.9 Å². The summed E-state index contributed by atoms with van der Waals surface area (Å²) in [7, 11) is 0. The van der Waals surface area contributed by atoms with Crippen molar-refractivity contribution in [1.29, 1.82) is 0 Å². The minimum atomic E-state index is -0.833. The Morgan fingerprint density at radius 3 is 1.95 bits per heavy atom. The minimum Gasteiger partial charge on any atom is -0.481 e. The number of carboxylic acids is 1. The maximum absolute atomic E-state index is 9.00. The fraction of sp³-hybridized carbons (Fsp3) is 0.688. The molecule has 0 bridgehead atoms. The standard InChI is InChI=1S/C14H26O.C2H4O2/c1-2-3-4-5-6-7-8-9-10-11-12-13-14-15;1-2(3)4/h3-6,15H,2,7-14H2,1H3;1H3,(H,3,4). The van der Waals surface area contributed by atoms with E-state index in [1.54, 1.807) is 0 Å². The maximum Gasteiger partial charge on any atom is 0.300 e. The highest BCUT2D eigenvalue weighted by Crippen LogP contribution is 2.07. The zero-order valence-electron chi connectivity index (χ0n) is 12.5. The molecule has 0 saturated carbocycles. The molecule has 0 unspecified atom stereocenters. The van der Waals surface area contributed by atoms with Crippen LogP contribution < -0.4 is 0 Å². The van der Waals surface area contributed by atoms with Crippen LogP contribution in [0.2, 0.25) is 0 Å². The van der Waals surface area contributed by atoms with Gasteiger partial charge in [0.25, 0.3) is 5.97 Å². The topological polar surface area (TPSA) is 57.5 Å². The highest BCUT2D eigenvalue weighted by Gasteiger charge is 1.89. The van der Waals surface area contributed by atoms with Gasteiger partial charge in [-0.15, -0.1) is 0 Å². The zero-order chi connectivity index (χ0) is 14.8. The van der Waals surface area contributed by atoms with Gasteiger partial charge in [0.05, 0.1) is 0 Å². The van der Waals surface area contributed by atoms with Crippen molar-refractivity contribution in [1.82, 2.24) is 0 Å². The fourth-order valence-electron chi connectivity index (χ4n) is 1.47. The van der Waals surface area contributed by atoms with Crippen molar-refractivity contribution in [2.75, 3.05) is 6.61 Å². The summed E-state index contributed by atoms with van der Waals surface area (Å²) in [5.41, 5.74) is 0. The highest BCUT2D eigenvalue weighted by atomic mass is 16.4. The number of carbonyl (C=O) groups is 1. The van der Waals surface area contributed by atoms with Gasteiger partial charge < -0.3 is 10.2 Å². The summed E-state index contributed by atoms with van der Waals surface area (Å²) in [6.07, 6.45) is 18.4. The first-order chi connectivity index (χ1) is 9.15. The van der Waals surface area contributed by atoms with Crippen LogP contribution >= 0.6 is 0 Å². The molecular weight excluding hydrogens is 240 g/mol. The molecule has 0 fully saturated rings. The van der Waals surface area contributed by atoms with Gasteiger partial charge in [0.2, 0.25) is 0 Å².